The largest absolute Gasteiger partial charge is 0.462 e. The Morgan fingerprint density at radius 3 is 2.41 bits per heavy atom. The van der Waals surface area contributed by atoms with Gasteiger partial charge in [0.1, 0.15) is 16.4 Å². The summed E-state index contributed by atoms with van der Waals surface area (Å²) in [5.41, 5.74) is 3.08. The molecule has 2 aromatic heterocycles. The summed E-state index contributed by atoms with van der Waals surface area (Å²) >= 11 is 2.75. The third-order valence-corrected chi connectivity index (χ3v) is 6.09. The Morgan fingerprint density at radius 2 is 1.81 bits per heavy atom. The van der Waals surface area contributed by atoms with E-state index in [9.17, 15) is 14.0 Å². The molecule has 0 saturated carbocycles. The van der Waals surface area contributed by atoms with Crippen molar-refractivity contribution in [1.29, 1.82) is 0 Å². The average Bonchev–Trinajstić information content (AvgIpc) is 3.20. The van der Waals surface area contributed by atoms with Crippen LogP contribution in [0.5, 0.6) is 0 Å². The molecule has 2 heterocycles. The normalized spacial score (nSPS) is 10.7. The minimum Gasteiger partial charge on any atom is -0.462 e. The van der Waals surface area contributed by atoms with Crippen LogP contribution in [0.1, 0.15) is 38.1 Å². The van der Waals surface area contributed by atoms with Gasteiger partial charge in [0.2, 0.25) is 0 Å². The van der Waals surface area contributed by atoms with E-state index in [1.54, 1.807) is 29.8 Å². The number of aryl methyl sites for hydroxylation is 1. The fourth-order valence-corrected chi connectivity index (χ4v) is 4.42. The first-order valence-electron chi connectivity index (χ1n) is 8.33. The molecular weight excluding hydrogens is 385 g/mol. The monoisotopic (exact) mass is 403 g/mol. The highest BCUT2D eigenvalue weighted by Crippen LogP contribution is 2.37. The van der Waals surface area contributed by atoms with Gasteiger partial charge in [-0.3, -0.25) is 4.79 Å². The third-order valence-electron chi connectivity index (χ3n) is 4.18. The summed E-state index contributed by atoms with van der Waals surface area (Å²) in [6.45, 7) is 5.79. The Morgan fingerprint density at radius 1 is 1.11 bits per heavy atom. The summed E-state index contributed by atoms with van der Waals surface area (Å²) in [6, 6.07) is 5.85. The van der Waals surface area contributed by atoms with Gasteiger partial charge in [0.05, 0.1) is 12.2 Å². The molecule has 1 aromatic carbocycles. The van der Waals surface area contributed by atoms with Gasteiger partial charge in [-0.25, -0.2) is 9.18 Å². The molecule has 0 aliphatic heterocycles. The van der Waals surface area contributed by atoms with Gasteiger partial charge in [-0.15, -0.1) is 22.7 Å². The van der Waals surface area contributed by atoms with Crippen LogP contribution < -0.4 is 5.32 Å². The van der Waals surface area contributed by atoms with Crippen LogP contribution in [0.2, 0.25) is 0 Å². The zero-order valence-electron chi connectivity index (χ0n) is 15.1. The minimum absolute atomic E-state index is 0.216. The van der Waals surface area contributed by atoms with Crippen LogP contribution in [-0.2, 0) is 4.74 Å². The number of amides is 1. The summed E-state index contributed by atoms with van der Waals surface area (Å²) in [5, 5.41) is 6.82. The number of rotatable bonds is 5. The third kappa shape index (κ3) is 3.94. The van der Waals surface area contributed by atoms with Crippen molar-refractivity contribution >= 4 is 39.6 Å². The Bertz CT molecular complexity index is 989. The number of hydrogen-bond acceptors (Lipinski definition) is 5. The van der Waals surface area contributed by atoms with Gasteiger partial charge < -0.3 is 10.1 Å². The average molecular weight is 404 g/mol. The van der Waals surface area contributed by atoms with E-state index < -0.39 is 5.97 Å². The number of anilines is 1. The standard InChI is InChI=1S/C20H18FNO3S2/c1-4-25-20(24)17-16(13-5-7-14(21)8-6-13)10-27-19(17)22-18(23)15-9-26-12(3)11(15)2/h5-10H,4H2,1-3H3,(H,22,23). The van der Waals surface area contributed by atoms with E-state index in [0.29, 0.717) is 21.7 Å². The molecule has 0 saturated heterocycles. The number of carbonyl (C=O) groups excluding carboxylic acids is 2. The van der Waals surface area contributed by atoms with Crippen LogP contribution in [0.4, 0.5) is 9.39 Å². The molecule has 3 aromatic rings. The summed E-state index contributed by atoms with van der Waals surface area (Å²) in [7, 11) is 0. The van der Waals surface area contributed by atoms with Gasteiger partial charge in [0, 0.05) is 21.2 Å². The first-order chi connectivity index (χ1) is 12.9. The second-order valence-electron chi connectivity index (χ2n) is 5.87. The van der Waals surface area contributed by atoms with Gasteiger partial charge in [0.15, 0.2) is 0 Å². The smallest absolute Gasteiger partial charge is 0.341 e. The maximum absolute atomic E-state index is 13.2. The maximum atomic E-state index is 13.2. The van der Waals surface area contributed by atoms with Gasteiger partial charge in [-0.2, -0.15) is 0 Å². The Kier molecular flexibility index (Phi) is 5.72. The van der Waals surface area contributed by atoms with Crippen molar-refractivity contribution in [2.45, 2.75) is 20.8 Å². The van der Waals surface area contributed by atoms with Gasteiger partial charge in [0.25, 0.3) is 5.91 Å². The number of nitrogens with one attached hydrogen (secondary N) is 1. The van der Waals surface area contributed by atoms with Crippen molar-refractivity contribution in [1.82, 2.24) is 0 Å². The maximum Gasteiger partial charge on any atom is 0.341 e. The van der Waals surface area contributed by atoms with Crippen molar-refractivity contribution in [3.05, 3.63) is 62.4 Å². The molecule has 27 heavy (non-hydrogen) atoms. The van der Waals surface area contributed by atoms with Crippen molar-refractivity contribution in [2.75, 3.05) is 11.9 Å². The fourth-order valence-electron chi connectivity index (χ4n) is 2.61. The van der Waals surface area contributed by atoms with Crippen LogP contribution in [0, 0.1) is 19.7 Å². The van der Waals surface area contributed by atoms with Crippen LogP contribution in [0.3, 0.4) is 0 Å². The number of carbonyl (C=O) groups is 2. The number of esters is 1. The lowest BCUT2D eigenvalue weighted by Gasteiger charge is -2.09. The van der Waals surface area contributed by atoms with E-state index in [-0.39, 0.29) is 23.9 Å². The Hall–Kier alpha value is -2.51. The van der Waals surface area contributed by atoms with E-state index >= 15 is 0 Å². The SMILES string of the molecule is CCOC(=O)c1c(-c2ccc(F)cc2)csc1NC(=O)c1csc(C)c1C. The van der Waals surface area contributed by atoms with Crippen LogP contribution in [0.25, 0.3) is 11.1 Å². The summed E-state index contributed by atoms with van der Waals surface area (Å²) in [5.74, 6) is -1.15. The van der Waals surface area contributed by atoms with E-state index in [1.165, 1.54) is 34.8 Å². The molecule has 0 atom stereocenters. The fraction of sp³-hybridized carbons (Fsp3) is 0.200. The lowest BCUT2D eigenvalue weighted by Crippen LogP contribution is -2.15. The predicted molar refractivity (Wildman–Crippen MR) is 107 cm³/mol. The lowest BCUT2D eigenvalue weighted by atomic mass is 10.0. The second kappa shape index (κ2) is 8.02. The molecule has 4 nitrogen and oxygen atoms in total. The van der Waals surface area contributed by atoms with Crippen molar-refractivity contribution in [2.24, 2.45) is 0 Å². The summed E-state index contributed by atoms with van der Waals surface area (Å²) in [6.07, 6.45) is 0. The predicted octanol–water partition coefficient (Wildman–Crippen LogP) is 5.66. The molecule has 1 N–H and O–H groups in total. The molecule has 0 fully saturated rings. The molecule has 3 rings (SSSR count). The highest BCUT2D eigenvalue weighted by atomic mass is 32.1. The number of benzene rings is 1. The second-order valence-corrected chi connectivity index (χ2v) is 7.83. The first kappa shape index (κ1) is 19.3. The van der Waals surface area contributed by atoms with Crippen molar-refractivity contribution in [3.63, 3.8) is 0 Å². The molecule has 0 aliphatic rings. The molecular formula is C20H18FNO3S2. The van der Waals surface area contributed by atoms with Crippen molar-refractivity contribution < 1.29 is 18.7 Å². The molecule has 140 valence electrons. The number of thiophene rings is 2. The van der Waals surface area contributed by atoms with Gasteiger partial charge >= 0.3 is 5.97 Å². The molecule has 0 unspecified atom stereocenters. The Balaban J connectivity index is 2.00. The molecule has 0 bridgehead atoms. The van der Waals surface area contributed by atoms with E-state index in [4.69, 9.17) is 4.74 Å². The van der Waals surface area contributed by atoms with Crippen molar-refractivity contribution in [3.8, 4) is 11.1 Å². The highest BCUT2D eigenvalue weighted by molar-refractivity contribution is 7.15. The molecule has 0 radical (unpaired) electrons. The lowest BCUT2D eigenvalue weighted by molar-refractivity contribution is 0.0529. The molecule has 1 amide bonds. The zero-order valence-corrected chi connectivity index (χ0v) is 16.7. The minimum atomic E-state index is -0.522. The molecule has 7 heteroatoms. The van der Waals surface area contributed by atoms with Gasteiger partial charge in [-0.05, 0) is 44.0 Å². The topological polar surface area (TPSA) is 55.4 Å². The van der Waals surface area contributed by atoms with E-state index in [1.807, 2.05) is 13.8 Å². The number of halogens is 1. The van der Waals surface area contributed by atoms with Crippen LogP contribution in [0.15, 0.2) is 35.0 Å². The van der Waals surface area contributed by atoms with Crippen LogP contribution in [-0.4, -0.2) is 18.5 Å². The molecule has 0 spiro atoms. The van der Waals surface area contributed by atoms with Crippen LogP contribution >= 0.6 is 22.7 Å². The Labute approximate surface area is 164 Å². The first-order valence-corrected chi connectivity index (χ1v) is 10.1. The molecule has 0 aliphatic carbocycles. The van der Waals surface area contributed by atoms with E-state index in [2.05, 4.69) is 5.32 Å². The highest BCUT2D eigenvalue weighted by Gasteiger charge is 2.24. The number of ether oxygens (including phenoxy) is 1. The summed E-state index contributed by atoms with van der Waals surface area (Å²) in [4.78, 5) is 26.3. The number of hydrogen-bond donors (Lipinski definition) is 1. The van der Waals surface area contributed by atoms with E-state index in [0.717, 1.165) is 10.4 Å². The zero-order chi connectivity index (χ0) is 19.6. The summed E-state index contributed by atoms with van der Waals surface area (Å²) < 4.78 is 18.4. The quantitative estimate of drug-likeness (QED) is 0.559. The van der Waals surface area contributed by atoms with Gasteiger partial charge in [-0.1, -0.05) is 12.1 Å².